The molecule has 1 aliphatic rings. The van der Waals surface area contributed by atoms with E-state index in [-0.39, 0.29) is 0 Å². The highest BCUT2D eigenvalue weighted by atomic mass is 16.5. The van der Waals surface area contributed by atoms with Gasteiger partial charge in [0.25, 0.3) is 5.91 Å². The number of carbonyl (C=O) groups excluding carboxylic acids is 2. The highest BCUT2D eigenvalue weighted by molar-refractivity contribution is 5.96. The van der Waals surface area contributed by atoms with Gasteiger partial charge in [0.15, 0.2) is 6.10 Å². The van der Waals surface area contributed by atoms with Gasteiger partial charge < -0.3 is 24.1 Å². The topological polar surface area (TPSA) is 81.0 Å². The van der Waals surface area contributed by atoms with Crippen LogP contribution in [-0.2, 0) is 19.1 Å². The lowest BCUT2D eigenvalue weighted by atomic mass is 10.2. The van der Waals surface area contributed by atoms with Gasteiger partial charge in [0.05, 0.1) is 19.5 Å². The Morgan fingerprint density at radius 2 is 1.93 bits per heavy atom. The van der Waals surface area contributed by atoms with Gasteiger partial charge in [-0.2, -0.15) is 0 Å². The molecule has 7 nitrogen and oxygen atoms in total. The Morgan fingerprint density at radius 3 is 2.59 bits per heavy atom. The zero-order valence-electron chi connectivity index (χ0n) is 15.1. The molecule has 7 heteroatoms. The number of ether oxygens (including phenoxy) is 2. The fourth-order valence-corrected chi connectivity index (χ4v) is 2.62. The predicted octanol–water partition coefficient (Wildman–Crippen LogP) is 2.70. The number of esters is 1. The molecule has 2 heterocycles. The zero-order valence-corrected chi connectivity index (χ0v) is 15.1. The van der Waals surface area contributed by atoms with Crippen LogP contribution in [0.4, 0.5) is 11.4 Å². The molecule has 0 aliphatic carbocycles. The Labute approximate surface area is 157 Å². The summed E-state index contributed by atoms with van der Waals surface area (Å²) in [6.07, 6.45) is 3.29. The minimum Gasteiger partial charge on any atom is -0.465 e. The van der Waals surface area contributed by atoms with Gasteiger partial charge in [-0.15, -0.1) is 0 Å². The standard InChI is InChI=1S/C20H22N2O5/c1-15(27-19(23)9-8-18-3-2-12-26-18)20(24)21-16-4-6-17(7-5-16)22-10-13-25-14-11-22/h2-9,12,15H,10-11,13-14H2,1H3,(H,21,24)/b9-8+/t15-/m1/s1. The lowest BCUT2D eigenvalue weighted by Gasteiger charge is -2.28. The Kier molecular flexibility index (Phi) is 6.27. The van der Waals surface area contributed by atoms with Crippen molar-refractivity contribution >= 4 is 29.3 Å². The lowest BCUT2D eigenvalue weighted by Crippen LogP contribution is -2.36. The molecule has 1 aromatic heterocycles. The molecule has 0 unspecified atom stereocenters. The number of hydrogen-bond acceptors (Lipinski definition) is 6. The summed E-state index contributed by atoms with van der Waals surface area (Å²) in [5, 5.41) is 2.74. The molecule has 1 saturated heterocycles. The van der Waals surface area contributed by atoms with E-state index in [0.717, 1.165) is 32.0 Å². The predicted molar refractivity (Wildman–Crippen MR) is 101 cm³/mol. The van der Waals surface area contributed by atoms with Crippen molar-refractivity contribution in [2.45, 2.75) is 13.0 Å². The third-order valence-electron chi connectivity index (χ3n) is 4.10. The third-order valence-corrected chi connectivity index (χ3v) is 4.10. The minimum absolute atomic E-state index is 0.395. The molecule has 1 amide bonds. The van der Waals surface area contributed by atoms with Crippen LogP contribution in [-0.4, -0.2) is 44.3 Å². The van der Waals surface area contributed by atoms with Crippen molar-refractivity contribution in [2.24, 2.45) is 0 Å². The molecule has 1 fully saturated rings. The number of rotatable bonds is 6. The summed E-state index contributed by atoms with van der Waals surface area (Å²) in [6, 6.07) is 11.0. The fraction of sp³-hybridized carbons (Fsp3) is 0.300. The van der Waals surface area contributed by atoms with E-state index in [2.05, 4.69) is 10.2 Å². The van der Waals surface area contributed by atoms with Gasteiger partial charge in [-0.3, -0.25) is 4.79 Å². The maximum Gasteiger partial charge on any atom is 0.331 e. The molecule has 0 saturated carbocycles. The molecule has 1 N–H and O–H groups in total. The molecule has 3 rings (SSSR count). The molecule has 0 radical (unpaired) electrons. The van der Waals surface area contributed by atoms with E-state index in [1.54, 1.807) is 12.1 Å². The smallest absolute Gasteiger partial charge is 0.331 e. The highest BCUT2D eigenvalue weighted by Gasteiger charge is 2.17. The summed E-state index contributed by atoms with van der Waals surface area (Å²) >= 11 is 0. The first-order valence-corrected chi connectivity index (χ1v) is 8.77. The molecule has 2 aromatic rings. The minimum atomic E-state index is -0.919. The average molecular weight is 370 g/mol. The van der Waals surface area contributed by atoms with Crippen LogP contribution in [0.25, 0.3) is 6.08 Å². The van der Waals surface area contributed by atoms with Crippen LogP contribution in [0.2, 0.25) is 0 Å². The normalized spacial score (nSPS) is 15.5. The van der Waals surface area contributed by atoms with Gasteiger partial charge in [0, 0.05) is 30.5 Å². The van der Waals surface area contributed by atoms with Crippen LogP contribution in [0, 0.1) is 0 Å². The van der Waals surface area contributed by atoms with Crippen LogP contribution in [0.15, 0.2) is 53.2 Å². The Morgan fingerprint density at radius 1 is 1.19 bits per heavy atom. The van der Waals surface area contributed by atoms with E-state index >= 15 is 0 Å². The number of carbonyl (C=O) groups is 2. The summed E-state index contributed by atoms with van der Waals surface area (Å²) in [7, 11) is 0. The van der Waals surface area contributed by atoms with Gasteiger partial charge in [0.2, 0.25) is 0 Å². The molecule has 1 aromatic carbocycles. The van der Waals surface area contributed by atoms with Crippen LogP contribution >= 0.6 is 0 Å². The summed E-state index contributed by atoms with van der Waals surface area (Å²) in [4.78, 5) is 26.2. The van der Waals surface area contributed by atoms with E-state index in [0.29, 0.717) is 11.4 Å². The lowest BCUT2D eigenvalue weighted by molar-refractivity contribution is -0.148. The maximum absolute atomic E-state index is 12.2. The van der Waals surface area contributed by atoms with Crippen molar-refractivity contribution in [1.82, 2.24) is 0 Å². The molecule has 27 heavy (non-hydrogen) atoms. The summed E-state index contributed by atoms with van der Waals surface area (Å²) in [5.74, 6) is -0.477. The number of nitrogens with zero attached hydrogens (tertiary/aromatic N) is 1. The third kappa shape index (κ3) is 5.46. The molecule has 0 spiro atoms. The van der Waals surface area contributed by atoms with E-state index in [1.165, 1.54) is 25.3 Å². The molecule has 1 atom stereocenters. The molecular formula is C20H22N2O5. The Hall–Kier alpha value is -3.06. The van der Waals surface area contributed by atoms with Crippen LogP contribution in [0.3, 0.4) is 0 Å². The number of amides is 1. The first kappa shape index (κ1) is 18.7. The van der Waals surface area contributed by atoms with Crippen LogP contribution in [0.1, 0.15) is 12.7 Å². The largest absolute Gasteiger partial charge is 0.465 e. The first-order valence-electron chi connectivity index (χ1n) is 8.77. The first-order chi connectivity index (χ1) is 13.1. The molecular weight excluding hydrogens is 348 g/mol. The van der Waals surface area contributed by atoms with E-state index in [1.807, 2.05) is 24.3 Å². The van der Waals surface area contributed by atoms with Gasteiger partial charge in [-0.25, -0.2) is 4.79 Å². The van der Waals surface area contributed by atoms with Crippen LogP contribution in [0.5, 0.6) is 0 Å². The average Bonchev–Trinajstić information content (AvgIpc) is 3.21. The van der Waals surface area contributed by atoms with Crippen molar-refractivity contribution in [3.8, 4) is 0 Å². The summed E-state index contributed by atoms with van der Waals surface area (Å²) in [6.45, 7) is 4.66. The van der Waals surface area contributed by atoms with Crippen molar-refractivity contribution in [3.63, 3.8) is 0 Å². The number of furan rings is 1. The Balaban J connectivity index is 1.49. The second-order valence-electron chi connectivity index (χ2n) is 6.06. The number of nitrogens with one attached hydrogen (secondary N) is 1. The van der Waals surface area contributed by atoms with E-state index in [4.69, 9.17) is 13.9 Å². The maximum atomic E-state index is 12.2. The van der Waals surface area contributed by atoms with Crippen molar-refractivity contribution in [1.29, 1.82) is 0 Å². The van der Waals surface area contributed by atoms with Crippen LogP contribution < -0.4 is 10.2 Å². The Bertz CT molecular complexity index is 777. The van der Waals surface area contributed by atoms with Gasteiger partial charge in [0.1, 0.15) is 5.76 Å². The SMILES string of the molecule is C[C@@H](OC(=O)/C=C/c1ccco1)C(=O)Nc1ccc(N2CCOCC2)cc1. The number of hydrogen-bond donors (Lipinski definition) is 1. The monoisotopic (exact) mass is 370 g/mol. The molecule has 142 valence electrons. The van der Waals surface area contributed by atoms with Crippen molar-refractivity contribution in [2.75, 3.05) is 36.5 Å². The number of benzene rings is 1. The van der Waals surface area contributed by atoms with Gasteiger partial charge >= 0.3 is 5.97 Å². The highest BCUT2D eigenvalue weighted by Crippen LogP contribution is 2.19. The van der Waals surface area contributed by atoms with Crippen molar-refractivity contribution in [3.05, 3.63) is 54.5 Å². The number of morpholine rings is 1. The molecule has 1 aliphatic heterocycles. The quantitative estimate of drug-likeness (QED) is 0.622. The summed E-state index contributed by atoms with van der Waals surface area (Å²) < 4.78 is 15.5. The second kappa shape index (κ2) is 9.05. The second-order valence-corrected chi connectivity index (χ2v) is 6.06. The van der Waals surface area contributed by atoms with E-state index in [9.17, 15) is 9.59 Å². The van der Waals surface area contributed by atoms with Gasteiger partial charge in [-0.1, -0.05) is 0 Å². The summed E-state index contributed by atoms with van der Waals surface area (Å²) in [5.41, 5.74) is 1.73. The molecule has 0 bridgehead atoms. The van der Waals surface area contributed by atoms with Crippen molar-refractivity contribution < 1.29 is 23.5 Å². The van der Waals surface area contributed by atoms with Gasteiger partial charge in [-0.05, 0) is 49.4 Å². The fourth-order valence-electron chi connectivity index (χ4n) is 2.62. The van der Waals surface area contributed by atoms with E-state index < -0.39 is 18.0 Å². The number of anilines is 2. The zero-order chi connectivity index (χ0) is 19.1.